The molecule has 0 saturated carbocycles. The number of aromatic nitrogens is 4. The molecule has 158 valence electrons. The molecule has 0 unspecified atom stereocenters. The molecule has 0 atom stereocenters. The van der Waals surface area contributed by atoms with Gasteiger partial charge in [0.2, 0.25) is 0 Å². The minimum Gasteiger partial charge on any atom is -0.347 e. The summed E-state index contributed by atoms with van der Waals surface area (Å²) in [5.74, 6) is -0.141. The molecule has 2 heterocycles. The van der Waals surface area contributed by atoms with Crippen molar-refractivity contribution in [3.8, 4) is 16.4 Å². The first kappa shape index (κ1) is 21.5. The van der Waals surface area contributed by atoms with E-state index in [0.29, 0.717) is 32.8 Å². The molecule has 1 amide bonds. The Balaban J connectivity index is 1.52. The number of nitrogens with one attached hydrogen (secondary N) is 1. The second-order valence-corrected chi connectivity index (χ2v) is 9.19. The van der Waals surface area contributed by atoms with Crippen LogP contribution in [0.3, 0.4) is 0 Å². The molecule has 9 heteroatoms. The van der Waals surface area contributed by atoms with E-state index in [1.807, 2.05) is 56.5 Å². The van der Waals surface area contributed by atoms with Crippen molar-refractivity contribution in [1.29, 1.82) is 0 Å². The lowest BCUT2D eigenvalue weighted by molar-refractivity contribution is 0.0954. The van der Waals surface area contributed by atoms with Gasteiger partial charge in [0.1, 0.15) is 15.6 Å². The van der Waals surface area contributed by atoms with Crippen molar-refractivity contribution < 1.29 is 4.79 Å². The minimum absolute atomic E-state index is 0.141. The van der Waals surface area contributed by atoms with Crippen LogP contribution >= 0.6 is 34.7 Å². The number of amides is 1. The maximum atomic E-state index is 12.8. The summed E-state index contributed by atoms with van der Waals surface area (Å²) in [6.07, 6.45) is 2.04. The molecular formula is C22H20ClN5OS2. The van der Waals surface area contributed by atoms with Crippen molar-refractivity contribution in [2.24, 2.45) is 0 Å². The first-order chi connectivity index (χ1) is 15.0. The van der Waals surface area contributed by atoms with Gasteiger partial charge in [0, 0.05) is 16.5 Å². The van der Waals surface area contributed by atoms with Crippen molar-refractivity contribution in [2.75, 3.05) is 6.26 Å². The van der Waals surface area contributed by atoms with Crippen molar-refractivity contribution in [2.45, 2.75) is 25.3 Å². The van der Waals surface area contributed by atoms with Crippen LogP contribution in [0.25, 0.3) is 16.4 Å². The number of carbonyl (C=O) groups excluding carboxylic acids is 1. The number of halogens is 1. The number of carbonyl (C=O) groups is 1. The van der Waals surface area contributed by atoms with Crippen LogP contribution in [0.2, 0.25) is 5.02 Å². The Bertz CT molecular complexity index is 1220. The number of benzene rings is 2. The lowest BCUT2D eigenvalue weighted by Gasteiger charge is -2.05. The van der Waals surface area contributed by atoms with E-state index in [0.717, 1.165) is 16.9 Å². The maximum Gasteiger partial charge on any atom is 0.263 e. The maximum absolute atomic E-state index is 12.8. The first-order valence-corrected chi connectivity index (χ1v) is 12.0. The van der Waals surface area contributed by atoms with Crippen LogP contribution in [-0.2, 0) is 6.54 Å². The van der Waals surface area contributed by atoms with Crippen LogP contribution in [0.4, 0.5) is 0 Å². The van der Waals surface area contributed by atoms with Crippen LogP contribution in [-0.4, -0.2) is 32.1 Å². The number of thiazole rings is 1. The summed E-state index contributed by atoms with van der Waals surface area (Å²) in [6.45, 7) is 4.23. The minimum atomic E-state index is -0.141. The lowest BCUT2D eigenvalue weighted by atomic mass is 10.2. The smallest absolute Gasteiger partial charge is 0.263 e. The Hall–Kier alpha value is -2.68. The van der Waals surface area contributed by atoms with Gasteiger partial charge in [0.15, 0.2) is 0 Å². The van der Waals surface area contributed by atoms with Crippen molar-refractivity contribution >= 4 is 40.6 Å². The Kier molecular flexibility index (Phi) is 6.41. The number of rotatable bonds is 6. The van der Waals surface area contributed by atoms with Gasteiger partial charge < -0.3 is 5.32 Å². The molecular weight excluding hydrogens is 450 g/mol. The van der Waals surface area contributed by atoms with E-state index in [2.05, 4.69) is 32.7 Å². The Morgan fingerprint density at radius 1 is 1.13 bits per heavy atom. The van der Waals surface area contributed by atoms with Gasteiger partial charge in [-0.25, -0.2) is 9.67 Å². The third-order valence-electron chi connectivity index (χ3n) is 4.78. The van der Waals surface area contributed by atoms with Crippen molar-refractivity contribution in [3.05, 3.63) is 75.4 Å². The van der Waals surface area contributed by atoms with Gasteiger partial charge in [-0.15, -0.1) is 28.2 Å². The number of aryl methyl sites for hydroxylation is 1. The van der Waals surface area contributed by atoms with Crippen LogP contribution < -0.4 is 5.32 Å². The van der Waals surface area contributed by atoms with E-state index < -0.39 is 0 Å². The molecule has 6 nitrogen and oxygen atoms in total. The van der Waals surface area contributed by atoms with E-state index >= 15 is 0 Å². The van der Waals surface area contributed by atoms with E-state index in [-0.39, 0.29) is 5.91 Å². The molecule has 0 aliphatic heterocycles. The highest BCUT2D eigenvalue weighted by Gasteiger charge is 2.20. The van der Waals surface area contributed by atoms with E-state index in [1.54, 1.807) is 16.4 Å². The predicted molar refractivity (Wildman–Crippen MR) is 126 cm³/mol. The Morgan fingerprint density at radius 3 is 2.52 bits per heavy atom. The summed E-state index contributed by atoms with van der Waals surface area (Å²) in [5.41, 5.74) is 4.09. The summed E-state index contributed by atoms with van der Waals surface area (Å²) in [7, 11) is 0. The average molecular weight is 470 g/mol. The molecule has 0 fully saturated rings. The van der Waals surface area contributed by atoms with Crippen molar-refractivity contribution in [3.63, 3.8) is 0 Å². The standard InChI is InChI=1S/C22H20ClN5OS2/c1-13-20(21(29)24-12-15-4-10-18(30-3)11-5-15)31-22(25-13)19-14(2)28(27-26-19)17-8-6-16(23)7-9-17/h4-11H,12H2,1-3H3,(H,24,29). The first-order valence-electron chi connectivity index (χ1n) is 9.53. The van der Waals surface area contributed by atoms with E-state index in [4.69, 9.17) is 11.6 Å². The topological polar surface area (TPSA) is 72.7 Å². The molecule has 4 rings (SSSR count). The van der Waals surface area contributed by atoms with Gasteiger partial charge >= 0.3 is 0 Å². The quantitative estimate of drug-likeness (QED) is 0.387. The van der Waals surface area contributed by atoms with Gasteiger partial charge in [-0.1, -0.05) is 28.9 Å². The highest BCUT2D eigenvalue weighted by Crippen LogP contribution is 2.29. The lowest BCUT2D eigenvalue weighted by Crippen LogP contribution is -2.22. The van der Waals surface area contributed by atoms with Gasteiger partial charge in [0.25, 0.3) is 5.91 Å². The summed E-state index contributed by atoms with van der Waals surface area (Å²) in [6, 6.07) is 15.5. The molecule has 4 aromatic rings. The largest absolute Gasteiger partial charge is 0.347 e. The Labute approximate surface area is 193 Å². The molecule has 0 spiro atoms. The third kappa shape index (κ3) is 4.66. The van der Waals surface area contributed by atoms with E-state index in [9.17, 15) is 4.79 Å². The number of thioether (sulfide) groups is 1. The number of hydrogen-bond acceptors (Lipinski definition) is 6. The fourth-order valence-corrected chi connectivity index (χ4v) is 4.62. The third-order valence-corrected chi connectivity index (χ3v) is 6.94. The number of nitrogens with zero attached hydrogens (tertiary/aromatic N) is 4. The molecule has 31 heavy (non-hydrogen) atoms. The molecule has 2 aromatic heterocycles. The van der Waals surface area contributed by atoms with Crippen LogP contribution in [0, 0.1) is 13.8 Å². The van der Waals surface area contributed by atoms with Crippen LogP contribution in [0.5, 0.6) is 0 Å². The van der Waals surface area contributed by atoms with Gasteiger partial charge in [-0.3, -0.25) is 4.79 Å². The normalized spacial score (nSPS) is 11.0. The molecule has 0 bridgehead atoms. The molecule has 0 saturated heterocycles. The van der Waals surface area contributed by atoms with Gasteiger partial charge in [-0.2, -0.15) is 0 Å². The van der Waals surface area contributed by atoms with Gasteiger partial charge in [-0.05, 0) is 62.1 Å². The zero-order valence-electron chi connectivity index (χ0n) is 17.2. The summed E-state index contributed by atoms with van der Waals surface area (Å²) in [4.78, 5) is 19.1. The second kappa shape index (κ2) is 9.21. The van der Waals surface area contributed by atoms with E-state index in [1.165, 1.54) is 16.2 Å². The molecule has 0 aliphatic rings. The molecule has 0 aliphatic carbocycles. The highest BCUT2D eigenvalue weighted by molar-refractivity contribution is 7.98. The highest BCUT2D eigenvalue weighted by atomic mass is 35.5. The SMILES string of the molecule is CSc1ccc(CNC(=O)c2sc(-c3nnn(-c4ccc(Cl)cc4)c3C)nc2C)cc1. The monoisotopic (exact) mass is 469 g/mol. The average Bonchev–Trinajstić information content (AvgIpc) is 3.35. The summed E-state index contributed by atoms with van der Waals surface area (Å²) >= 11 is 8.99. The zero-order chi connectivity index (χ0) is 22.0. The molecule has 1 N–H and O–H groups in total. The summed E-state index contributed by atoms with van der Waals surface area (Å²) in [5, 5.41) is 12.9. The fraction of sp³-hybridized carbons (Fsp3) is 0.182. The second-order valence-electron chi connectivity index (χ2n) is 6.88. The number of hydrogen-bond donors (Lipinski definition) is 1. The van der Waals surface area contributed by atoms with Crippen LogP contribution in [0.15, 0.2) is 53.4 Å². The zero-order valence-corrected chi connectivity index (χ0v) is 19.6. The predicted octanol–water partition coefficient (Wildman–Crippen LogP) is 5.31. The molecule has 2 aromatic carbocycles. The van der Waals surface area contributed by atoms with Gasteiger partial charge in [0.05, 0.1) is 17.1 Å². The molecule has 0 radical (unpaired) electrons. The summed E-state index contributed by atoms with van der Waals surface area (Å²) < 4.78 is 1.74. The van der Waals surface area contributed by atoms with Crippen LogP contribution in [0.1, 0.15) is 26.6 Å². The fourth-order valence-electron chi connectivity index (χ4n) is 3.07. The van der Waals surface area contributed by atoms with Crippen molar-refractivity contribution in [1.82, 2.24) is 25.3 Å². The Morgan fingerprint density at radius 2 is 1.84 bits per heavy atom.